The van der Waals surface area contributed by atoms with Gasteiger partial charge < -0.3 is 5.32 Å². The molecule has 2 aromatic carbocycles. The van der Waals surface area contributed by atoms with Crippen molar-refractivity contribution in [2.75, 3.05) is 5.32 Å². The summed E-state index contributed by atoms with van der Waals surface area (Å²) >= 11 is 0. The first-order chi connectivity index (χ1) is 13.8. The fourth-order valence-electron chi connectivity index (χ4n) is 2.63. The highest BCUT2D eigenvalue weighted by Crippen LogP contribution is 2.31. The normalized spacial score (nSPS) is 11.8. The summed E-state index contributed by atoms with van der Waals surface area (Å²) < 4.78 is 38.5. The Labute approximate surface area is 164 Å². The highest BCUT2D eigenvalue weighted by molar-refractivity contribution is 6.10. The van der Waals surface area contributed by atoms with E-state index < -0.39 is 17.6 Å². The van der Waals surface area contributed by atoms with Gasteiger partial charge in [-0.3, -0.25) is 9.89 Å². The van der Waals surface area contributed by atoms with Gasteiger partial charge in [-0.25, -0.2) is 0 Å². The molecule has 0 fully saturated rings. The van der Waals surface area contributed by atoms with Crippen LogP contribution in [-0.2, 0) is 11.0 Å². The molecule has 8 heteroatoms. The zero-order valence-electron chi connectivity index (χ0n) is 15.2. The van der Waals surface area contributed by atoms with Crippen LogP contribution in [0.5, 0.6) is 0 Å². The molecule has 29 heavy (non-hydrogen) atoms. The SMILES string of the molecule is Cc1ccc(-c2[nH]ncc2/C=C(/C#N)C(=O)Nc2cccc(C(F)(F)F)c2)cc1. The third-order valence-corrected chi connectivity index (χ3v) is 4.12. The van der Waals surface area contributed by atoms with Crippen molar-refractivity contribution in [2.45, 2.75) is 13.1 Å². The van der Waals surface area contributed by atoms with Crippen LogP contribution in [0.3, 0.4) is 0 Å². The molecule has 0 spiro atoms. The molecule has 0 aliphatic heterocycles. The number of nitrogens with zero attached hydrogens (tertiary/aromatic N) is 2. The lowest BCUT2D eigenvalue weighted by atomic mass is 10.0. The number of anilines is 1. The number of alkyl halides is 3. The van der Waals surface area contributed by atoms with Crippen molar-refractivity contribution >= 4 is 17.7 Å². The van der Waals surface area contributed by atoms with Gasteiger partial charge in [0.25, 0.3) is 5.91 Å². The minimum atomic E-state index is -4.53. The number of nitriles is 1. The maximum Gasteiger partial charge on any atom is 0.416 e. The number of carbonyl (C=O) groups is 1. The third kappa shape index (κ3) is 4.71. The van der Waals surface area contributed by atoms with Crippen molar-refractivity contribution in [1.82, 2.24) is 10.2 Å². The number of hydrogen-bond acceptors (Lipinski definition) is 3. The van der Waals surface area contributed by atoms with Gasteiger partial charge in [-0.2, -0.15) is 23.5 Å². The second-order valence-corrected chi connectivity index (χ2v) is 6.27. The highest BCUT2D eigenvalue weighted by Gasteiger charge is 2.30. The molecule has 1 heterocycles. The van der Waals surface area contributed by atoms with Crippen molar-refractivity contribution in [1.29, 1.82) is 5.26 Å². The average Bonchev–Trinajstić information content (AvgIpc) is 3.14. The molecule has 0 bridgehead atoms. The molecule has 1 aromatic heterocycles. The van der Waals surface area contributed by atoms with E-state index in [-0.39, 0.29) is 11.3 Å². The number of aromatic nitrogens is 2. The third-order valence-electron chi connectivity index (χ3n) is 4.12. The van der Waals surface area contributed by atoms with Gasteiger partial charge in [-0.15, -0.1) is 0 Å². The van der Waals surface area contributed by atoms with Gasteiger partial charge in [-0.05, 0) is 31.2 Å². The lowest BCUT2D eigenvalue weighted by Crippen LogP contribution is -2.14. The summed E-state index contributed by atoms with van der Waals surface area (Å²) in [6.07, 6.45) is -1.74. The fourth-order valence-corrected chi connectivity index (χ4v) is 2.63. The molecule has 3 rings (SSSR count). The van der Waals surface area contributed by atoms with Crippen LogP contribution in [0.15, 0.2) is 60.3 Å². The number of aromatic amines is 1. The van der Waals surface area contributed by atoms with E-state index in [4.69, 9.17) is 0 Å². The molecule has 0 radical (unpaired) electrons. The van der Waals surface area contributed by atoms with Gasteiger partial charge in [0.1, 0.15) is 11.6 Å². The van der Waals surface area contributed by atoms with E-state index in [0.717, 1.165) is 23.3 Å². The van der Waals surface area contributed by atoms with E-state index in [9.17, 15) is 23.2 Å². The second kappa shape index (κ2) is 8.02. The van der Waals surface area contributed by atoms with Crippen LogP contribution in [0.25, 0.3) is 17.3 Å². The lowest BCUT2D eigenvalue weighted by molar-refractivity contribution is -0.137. The van der Waals surface area contributed by atoms with Gasteiger partial charge in [0.15, 0.2) is 0 Å². The van der Waals surface area contributed by atoms with E-state index in [2.05, 4.69) is 15.5 Å². The monoisotopic (exact) mass is 396 g/mol. The van der Waals surface area contributed by atoms with Crippen LogP contribution >= 0.6 is 0 Å². The standard InChI is InChI=1S/C21H15F3N4O/c1-13-5-7-14(8-6-13)19-16(12-26-28-19)9-15(11-25)20(29)27-18-4-2-3-17(10-18)21(22,23)24/h2-10,12H,1H3,(H,26,28)(H,27,29)/b15-9-. The Hall–Kier alpha value is -3.86. The molecule has 0 aliphatic carbocycles. The van der Waals surface area contributed by atoms with Crippen molar-refractivity contribution in [3.63, 3.8) is 0 Å². The fraction of sp³-hybridized carbons (Fsp3) is 0.0952. The topological polar surface area (TPSA) is 81.6 Å². The summed E-state index contributed by atoms with van der Waals surface area (Å²) in [5, 5.41) is 18.5. The molecule has 5 nitrogen and oxygen atoms in total. The Morgan fingerprint density at radius 1 is 1.21 bits per heavy atom. The predicted octanol–water partition coefficient (Wildman–Crippen LogP) is 4.95. The Bertz CT molecular complexity index is 1110. The highest BCUT2D eigenvalue weighted by atomic mass is 19.4. The van der Waals surface area contributed by atoms with E-state index in [1.165, 1.54) is 24.4 Å². The van der Waals surface area contributed by atoms with Crippen LogP contribution in [0.1, 0.15) is 16.7 Å². The smallest absolute Gasteiger partial charge is 0.321 e. The van der Waals surface area contributed by atoms with Crippen molar-refractivity contribution in [3.8, 4) is 17.3 Å². The number of benzene rings is 2. The van der Waals surface area contributed by atoms with E-state index in [0.29, 0.717) is 11.3 Å². The van der Waals surface area contributed by atoms with E-state index >= 15 is 0 Å². The molecule has 0 aliphatic rings. The van der Waals surface area contributed by atoms with Crippen LogP contribution in [-0.4, -0.2) is 16.1 Å². The number of rotatable bonds is 4. The summed E-state index contributed by atoms with van der Waals surface area (Å²) in [7, 11) is 0. The Kier molecular flexibility index (Phi) is 5.50. The summed E-state index contributed by atoms with van der Waals surface area (Å²) in [5.74, 6) is -0.817. The summed E-state index contributed by atoms with van der Waals surface area (Å²) in [4.78, 5) is 12.4. The zero-order chi connectivity index (χ0) is 21.0. The molecule has 0 saturated heterocycles. The van der Waals surface area contributed by atoms with E-state index in [1.54, 1.807) is 6.07 Å². The Morgan fingerprint density at radius 2 is 1.93 bits per heavy atom. The van der Waals surface area contributed by atoms with Gasteiger partial charge >= 0.3 is 6.18 Å². The van der Waals surface area contributed by atoms with Crippen molar-refractivity contribution in [2.24, 2.45) is 0 Å². The number of halogens is 3. The summed E-state index contributed by atoms with van der Waals surface area (Å²) in [5.41, 5.74) is 1.79. The quantitative estimate of drug-likeness (QED) is 0.484. The number of hydrogen-bond donors (Lipinski definition) is 2. The predicted molar refractivity (Wildman–Crippen MR) is 102 cm³/mol. The van der Waals surface area contributed by atoms with E-state index in [1.807, 2.05) is 31.2 Å². The van der Waals surface area contributed by atoms with Crippen molar-refractivity contribution < 1.29 is 18.0 Å². The summed E-state index contributed by atoms with van der Waals surface area (Å²) in [6, 6.07) is 13.5. The maximum absolute atomic E-state index is 12.8. The van der Waals surface area contributed by atoms with Crippen LogP contribution in [0.4, 0.5) is 18.9 Å². The zero-order valence-corrected chi connectivity index (χ0v) is 15.2. The van der Waals surface area contributed by atoms with Gasteiger partial charge in [0.05, 0.1) is 17.5 Å². The molecular formula is C21H15F3N4O. The molecule has 1 amide bonds. The molecular weight excluding hydrogens is 381 g/mol. The maximum atomic E-state index is 12.8. The molecule has 0 saturated carbocycles. The largest absolute Gasteiger partial charge is 0.416 e. The second-order valence-electron chi connectivity index (χ2n) is 6.27. The molecule has 2 N–H and O–H groups in total. The van der Waals surface area contributed by atoms with Crippen LogP contribution in [0, 0.1) is 18.3 Å². The average molecular weight is 396 g/mol. The summed E-state index contributed by atoms with van der Waals surface area (Å²) in [6.45, 7) is 1.95. The number of carbonyl (C=O) groups excluding carboxylic acids is 1. The number of aryl methyl sites for hydroxylation is 1. The number of amides is 1. The first kappa shape index (κ1) is 19.9. The van der Waals surface area contributed by atoms with Crippen LogP contribution in [0.2, 0.25) is 0 Å². The number of H-pyrrole nitrogens is 1. The minimum absolute atomic E-state index is 0.0584. The van der Waals surface area contributed by atoms with Gasteiger partial charge in [0, 0.05) is 16.8 Å². The first-order valence-corrected chi connectivity index (χ1v) is 8.49. The molecule has 3 aromatic rings. The first-order valence-electron chi connectivity index (χ1n) is 8.49. The van der Waals surface area contributed by atoms with Crippen LogP contribution < -0.4 is 5.32 Å². The van der Waals surface area contributed by atoms with Gasteiger partial charge in [0.2, 0.25) is 0 Å². The lowest BCUT2D eigenvalue weighted by Gasteiger charge is -2.09. The molecule has 0 atom stereocenters. The van der Waals surface area contributed by atoms with Crippen molar-refractivity contribution in [3.05, 3.63) is 77.0 Å². The molecule has 0 unspecified atom stereocenters. The van der Waals surface area contributed by atoms with Gasteiger partial charge in [-0.1, -0.05) is 35.9 Å². The number of nitrogens with one attached hydrogen (secondary N) is 2. The minimum Gasteiger partial charge on any atom is -0.321 e. The molecule has 146 valence electrons. The Morgan fingerprint density at radius 3 is 2.59 bits per heavy atom. The Balaban J connectivity index is 1.86.